The summed E-state index contributed by atoms with van der Waals surface area (Å²) >= 11 is 6.02. The zero-order chi connectivity index (χ0) is 11.9. The van der Waals surface area contributed by atoms with Gasteiger partial charge in [0.2, 0.25) is 5.56 Å². The summed E-state index contributed by atoms with van der Waals surface area (Å²) in [4.78, 5) is 0. The van der Waals surface area contributed by atoms with Gasteiger partial charge in [-0.05, 0) is 24.3 Å². The van der Waals surface area contributed by atoms with E-state index in [1.54, 1.807) is 0 Å². The molecule has 0 N–H and O–H groups in total. The molecular formula is C14H13ClO2. The van der Waals surface area contributed by atoms with Crippen LogP contribution in [0.2, 0.25) is 0 Å². The molecular weight excluding hydrogens is 236 g/mol. The van der Waals surface area contributed by atoms with Gasteiger partial charge in [0, 0.05) is 0 Å². The van der Waals surface area contributed by atoms with Crippen LogP contribution in [-0.4, -0.2) is 12.2 Å². The number of para-hydroxylation sites is 2. The summed E-state index contributed by atoms with van der Waals surface area (Å²) in [6.45, 7) is 0.306. The number of hydrogen-bond acceptors (Lipinski definition) is 2. The Morgan fingerprint density at radius 2 is 1.35 bits per heavy atom. The first kappa shape index (κ1) is 11.8. The first-order valence-corrected chi connectivity index (χ1v) is 5.82. The van der Waals surface area contributed by atoms with Crippen LogP contribution in [0.25, 0.3) is 0 Å². The quantitative estimate of drug-likeness (QED) is 0.751. The average Bonchev–Trinajstić information content (AvgIpc) is 2.39. The topological polar surface area (TPSA) is 18.5 Å². The minimum absolute atomic E-state index is 0.306. The van der Waals surface area contributed by atoms with Gasteiger partial charge in [-0.1, -0.05) is 48.0 Å². The maximum Gasteiger partial charge on any atom is 0.205 e. The molecule has 17 heavy (non-hydrogen) atoms. The van der Waals surface area contributed by atoms with Gasteiger partial charge in [-0.2, -0.15) is 0 Å². The van der Waals surface area contributed by atoms with Gasteiger partial charge in [0.05, 0.1) is 0 Å². The van der Waals surface area contributed by atoms with Gasteiger partial charge in [-0.15, -0.1) is 0 Å². The Bertz CT molecular complexity index is 430. The van der Waals surface area contributed by atoms with Gasteiger partial charge in [0.15, 0.2) is 0 Å². The van der Waals surface area contributed by atoms with E-state index in [9.17, 15) is 0 Å². The van der Waals surface area contributed by atoms with E-state index in [2.05, 4.69) is 0 Å². The average molecular weight is 249 g/mol. The molecule has 0 radical (unpaired) electrons. The molecule has 0 bridgehead atoms. The highest BCUT2D eigenvalue weighted by atomic mass is 35.5. The third kappa shape index (κ3) is 4.00. The van der Waals surface area contributed by atoms with E-state index in [1.807, 2.05) is 60.7 Å². The molecule has 3 heteroatoms. The summed E-state index contributed by atoms with van der Waals surface area (Å²) in [7, 11) is 0. The first-order valence-electron chi connectivity index (χ1n) is 5.38. The molecule has 0 spiro atoms. The lowest BCUT2D eigenvalue weighted by Crippen LogP contribution is -2.18. The van der Waals surface area contributed by atoms with Gasteiger partial charge in [0.1, 0.15) is 18.1 Å². The van der Waals surface area contributed by atoms with Crippen LogP contribution in [0.4, 0.5) is 0 Å². The third-order valence-corrected chi connectivity index (χ3v) is 2.35. The molecule has 0 aliphatic carbocycles. The largest absolute Gasteiger partial charge is 0.488 e. The molecule has 0 amide bonds. The van der Waals surface area contributed by atoms with Crippen molar-refractivity contribution in [2.75, 3.05) is 6.61 Å². The minimum Gasteiger partial charge on any atom is -0.488 e. The van der Waals surface area contributed by atoms with E-state index in [-0.39, 0.29) is 0 Å². The van der Waals surface area contributed by atoms with Crippen LogP contribution < -0.4 is 9.47 Å². The Morgan fingerprint density at radius 1 is 0.824 bits per heavy atom. The molecule has 0 fully saturated rings. The molecule has 0 saturated heterocycles. The third-order valence-electron chi connectivity index (χ3n) is 2.13. The number of rotatable bonds is 5. The van der Waals surface area contributed by atoms with Crippen molar-refractivity contribution < 1.29 is 9.47 Å². The number of hydrogen-bond donors (Lipinski definition) is 0. The molecule has 0 aliphatic heterocycles. The smallest absolute Gasteiger partial charge is 0.205 e. The fourth-order valence-corrected chi connectivity index (χ4v) is 1.53. The van der Waals surface area contributed by atoms with Crippen molar-refractivity contribution in [3.8, 4) is 11.5 Å². The summed E-state index contributed by atoms with van der Waals surface area (Å²) < 4.78 is 11.0. The number of ether oxygens (including phenoxy) is 2. The molecule has 0 aliphatic rings. The molecule has 0 aromatic heterocycles. The van der Waals surface area contributed by atoms with Gasteiger partial charge in [0.25, 0.3) is 0 Å². The highest BCUT2D eigenvalue weighted by molar-refractivity contribution is 6.20. The predicted octanol–water partition coefficient (Wildman–Crippen LogP) is 3.71. The normalized spacial score (nSPS) is 11.8. The van der Waals surface area contributed by atoms with Crippen LogP contribution in [0.5, 0.6) is 11.5 Å². The first-order chi connectivity index (χ1) is 8.34. The van der Waals surface area contributed by atoms with Crippen molar-refractivity contribution >= 4 is 11.6 Å². The highest BCUT2D eigenvalue weighted by Gasteiger charge is 2.06. The molecule has 0 heterocycles. The minimum atomic E-state index is -0.502. The lowest BCUT2D eigenvalue weighted by atomic mass is 10.3. The number of halogens is 1. The predicted molar refractivity (Wildman–Crippen MR) is 68.6 cm³/mol. The van der Waals surface area contributed by atoms with E-state index >= 15 is 0 Å². The van der Waals surface area contributed by atoms with E-state index in [1.165, 1.54) is 0 Å². The Hall–Kier alpha value is -1.67. The van der Waals surface area contributed by atoms with Crippen LogP contribution in [0, 0.1) is 0 Å². The van der Waals surface area contributed by atoms with Gasteiger partial charge in [-0.3, -0.25) is 0 Å². The molecule has 2 aromatic carbocycles. The second-order valence-corrected chi connectivity index (χ2v) is 3.95. The highest BCUT2D eigenvalue weighted by Crippen LogP contribution is 2.14. The monoisotopic (exact) mass is 248 g/mol. The second-order valence-electron chi connectivity index (χ2n) is 3.47. The van der Waals surface area contributed by atoms with Gasteiger partial charge in [-0.25, -0.2) is 0 Å². The Kier molecular flexibility index (Phi) is 4.28. The summed E-state index contributed by atoms with van der Waals surface area (Å²) in [6.07, 6.45) is 0. The fraction of sp³-hybridized carbons (Fsp3) is 0.143. The molecule has 88 valence electrons. The maximum atomic E-state index is 6.02. The Balaban J connectivity index is 1.80. The Labute approximate surface area is 106 Å². The van der Waals surface area contributed by atoms with Gasteiger partial charge < -0.3 is 9.47 Å². The zero-order valence-electron chi connectivity index (χ0n) is 9.25. The van der Waals surface area contributed by atoms with Crippen LogP contribution in [0.15, 0.2) is 60.7 Å². The summed E-state index contributed by atoms with van der Waals surface area (Å²) in [6, 6.07) is 19.0. The number of alkyl halides is 1. The van der Waals surface area contributed by atoms with Crippen molar-refractivity contribution in [3.63, 3.8) is 0 Å². The maximum absolute atomic E-state index is 6.02. The van der Waals surface area contributed by atoms with Gasteiger partial charge >= 0.3 is 0 Å². The van der Waals surface area contributed by atoms with E-state index < -0.39 is 5.56 Å². The molecule has 1 unspecified atom stereocenters. The van der Waals surface area contributed by atoms with Crippen LogP contribution in [0.1, 0.15) is 0 Å². The molecule has 0 saturated carbocycles. The summed E-state index contributed by atoms with van der Waals surface area (Å²) in [5.41, 5.74) is -0.502. The lowest BCUT2D eigenvalue weighted by Gasteiger charge is -2.13. The van der Waals surface area contributed by atoms with E-state index in [4.69, 9.17) is 21.1 Å². The zero-order valence-corrected chi connectivity index (χ0v) is 10.0. The van der Waals surface area contributed by atoms with Crippen molar-refractivity contribution in [1.82, 2.24) is 0 Å². The fourth-order valence-electron chi connectivity index (χ4n) is 1.36. The lowest BCUT2D eigenvalue weighted by molar-refractivity contribution is 0.187. The molecule has 2 aromatic rings. The van der Waals surface area contributed by atoms with Crippen molar-refractivity contribution in [1.29, 1.82) is 0 Å². The summed E-state index contributed by atoms with van der Waals surface area (Å²) in [5.74, 6) is 1.53. The van der Waals surface area contributed by atoms with E-state index in [0.717, 1.165) is 11.5 Å². The number of benzene rings is 2. The standard InChI is InChI=1S/C14H13ClO2/c15-14(17-13-9-5-2-6-10-13)11-16-12-7-3-1-4-8-12/h1-10,14H,11H2. The van der Waals surface area contributed by atoms with E-state index in [0.29, 0.717) is 6.61 Å². The van der Waals surface area contributed by atoms with Crippen LogP contribution in [0.3, 0.4) is 0 Å². The Morgan fingerprint density at radius 3 is 1.94 bits per heavy atom. The SMILES string of the molecule is ClC(COc1ccccc1)Oc1ccccc1. The van der Waals surface area contributed by atoms with Crippen molar-refractivity contribution in [2.45, 2.75) is 5.56 Å². The molecule has 1 atom stereocenters. The summed E-state index contributed by atoms with van der Waals surface area (Å²) in [5, 5.41) is 0. The van der Waals surface area contributed by atoms with Crippen LogP contribution in [-0.2, 0) is 0 Å². The molecule has 2 rings (SSSR count). The van der Waals surface area contributed by atoms with Crippen molar-refractivity contribution in [3.05, 3.63) is 60.7 Å². The van der Waals surface area contributed by atoms with Crippen LogP contribution >= 0.6 is 11.6 Å². The van der Waals surface area contributed by atoms with Crippen molar-refractivity contribution in [2.24, 2.45) is 0 Å². The molecule has 2 nitrogen and oxygen atoms in total. The second kappa shape index (κ2) is 6.16.